The van der Waals surface area contributed by atoms with Crippen molar-refractivity contribution in [2.24, 2.45) is 0 Å². The van der Waals surface area contributed by atoms with Gasteiger partial charge < -0.3 is 5.32 Å². The van der Waals surface area contributed by atoms with Crippen LogP contribution in [0.4, 0.5) is 15.6 Å². The number of nitrogens with zero attached hydrogens (tertiary/aromatic N) is 1. The van der Waals surface area contributed by atoms with E-state index < -0.39 is 0 Å². The predicted octanol–water partition coefficient (Wildman–Crippen LogP) is 5.32. The molecule has 0 saturated carbocycles. The first-order valence-corrected chi connectivity index (χ1v) is 8.84. The summed E-state index contributed by atoms with van der Waals surface area (Å²) in [5.41, 5.74) is 1.51. The fraction of sp³-hybridized carbons (Fsp3) is 0.0667. The number of hydrogen-bond acceptors (Lipinski definition) is 4. The van der Waals surface area contributed by atoms with Crippen molar-refractivity contribution in [1.82, 2.24) is 4.98 Å². The highest BCUT2D eigenvalue weighted by Gasteiger charge is 2.08. The van der Waals surface area contributed by atoms with Crippen molar-refractivity contribution in [2.45, 2.75) is 4.90 Å². The standard InChI is InChI=1S/C15H12ClN3OS2/c1-21-11-5-6-12-13(8-11)22-15(18-12)19-14(20)17-10-4-2-3-9(16)7-10/h2-8H,1H3,(H2,17,18,19,20). The van der Waals surface area contributed by atoms with E-state index in [1.54, 1.807) is 36.0 Å². The van der Waals surface area contributed by atoms with Crippen LogP contribution >= 0.6 is 34.7 Å². The lowest BCUT2D eigenvalue weighted by atomic mass is 10.3. The largest absolute Gasteiger partial charge is 0.325 e. The van der Waals surface area contributed by atoms with E-state index in [-0.39, 0.29) is 6.03 Å². The number of fused-ring (bicyclic) bond motifs is 1. The molecule has 22 heavy (non-hydrogen) atoms. The second kappa shape index (κ2) is 6.56. The van der Waals surface area contributed by atoms with E-state index in [0.29, 0.717) is 15.8 Å². The van der Waals surface area contributed by atoms with Gasteiger partial charge in [-0.05, 0) is 42.7 Å². The number of thiazole rings is 1. The number of hydrogen-bond donors (Lipinski definition) is 2. The van der Waals surface area contributed by atoms with Crippen molar-refractivity contribution < 1.29 is 4.79 Å². The van der Waals surface area contributed by atoms with E-state index in [4.69, 9.17) is 11.6 Å². The van der Waals surface area contributed by atoms with Crippen molar-refractivity contribution in [3.8, 4) is 0 Å². The van der Waals surface area contributed by atoms with E-state index >= 15 is 0 Å². The van der Waals surface area contributed by atoms with Crippen LogP contribution in [0.1, 0.15) is 0 Å². The third kappa shape index (κ3) is 3.52. The Morgan fingerprint density at radius 1 is 1.23 bits per heavy atom. The van der Waals surface area contributed by atoms with Gasteiger partial charge >= 0.3 is 6.03 Å². The quantitative estimate of drug-likeness (QED) is 0.629. The van der Waals surface area contributed by atoms with Gasteiger partial charge in [0, 0.05) is 15.6 Å². The smallest absolute Gasteiger partial charge is 0.308 e. The maximum Gasteiger partial charge on any atom is 0.325 e. The number of thioether (sulfide) groups is 1. The van der Waals surface area contributed by atoms with Crippen LogP contribution in [0, 0.1) is 0 Å². The second-order valence-corrected chi connectivity index (χ2v) is 6.79. The molecule has 7 heteroatoms. The molecule has 1 heterocycles. The summed E-state index contributed by atoms with van der Waals surface area (Å²) in [6.45, 7) is 0. The Morgan fingerprint density at radius 2 is 2.09 bits per heavy atom. The van der Waals surface area contributed by atoms with E-state index in [9.17, 15) is 4.79 Å². The molecule has 0 spiro atoms. The number of nitrogens with one attached hydrogen (secondary N) is 2. The highest BCUT2D eigenvalue weighted by atomic mass is 35.5. The van der Waals surface area contributed by atoms with Crippen LogP contribution in [-0.4, -0.2) is 17.3 Å². The first kappa shape index (κ1) is 15.1. The Labute approximate surface area is 140 Å². The fourth-order valence-corrected chi connectivity index (χ4v) is 3.52. The summed E-state index contributed by atoms with van der Waals surface area (Å²) in [6.07, 6.45) is 2.03. The molecule has 0 atom stereocenters. The van der Waals surface area contributed by atoms with Crippen LogP contribution in [0.3, 0.4) is 0 Å². The molecule has 0 unspecified atom stereocenters. The molecular weight excluding hydrogens is 338 g/mol. The van der Waals surface area contributed by atoms with Gasteiger partial charge in [0.05, 0.1) is 10.2 Å². The van der Waals surface area contributed by atoms with Gasteiger partial charge in [-0.25, -0.2) is 9.78 Å². The SMILES string of the molecule is CSc1ccc2nc(NC(=O)Nc3cccc(Cl)c3)sc2c1. The highest BCUT2D eigenvalue weighted by Crippen LogP contribution is 2.29. The average molecular weight is 350 g/mol. The molecule has 0 fully saturated rings. The molecule has 4 nitrogen and oxygen atoms in total. The number of carbonyl (C=O) groups excluding carboxylic acids is 1. The molecule has 3 aromatic rings. The number of benzene rings is 2. The van der Waals surface area contributed by atoms with Gasteiger partial charge in [0.15, 0.2) is 5.13 Å². The summed E-state index contributed by atoms with van der Waals surface area (Å²) >= 11 is 9.01. The zero-order valence-corrected chi connectivity index (χ0v) is 14.0. The highest BCUT2D eigenvalue weighted by molar-refractivity contribution is 7.98. The van der Waals surface area contributed by atoms with Crippen LogP contribution < -0.4 is 10.6 Å². The van der Waals surface area contributed by atoms with Gasteiger partial charge in [0.25, 0.3) is 0 Å². The molecule has 0 saturated heterocycles. The summed E-state index contributed by atoms with van der Waals surface area (Å²) < 4.78 is 1.05. The van der Waals surface area contributed by atoms with Crippen LogP contribution in [0.2, 0.25) is 5.02 Å². The van der Waals surface area contributed by atoms with E-state index in [2.05, 4.69) is 21.7 Å². The zero-order chi connectivity index (χ0) is 15.5. The summed E-state index contributed by atoms with van der Waals surface area (Å²) in [6, 6.07) is 12.7. The normalized spacial score (nSPS) is 10.6. The Kier molecular flexibility index (Phi) is 4.52. The molecule has 0 aliphatic rings. The van der Waals surface area contributed by atoms with Crippen LogP contribution in [-0.2, 0) is 0 Å². The Balaban J connectivity index is 1.73. The van der Waals surface area contributed by atoms with Gasteiger partial charge in [0.1, 0.15) is 0 Å². The molecule has 2 N–H and O–H groups in total. The van der Waals surface area contributed by atoms with Crippen LogP contribution in [0.25, 0.3) is 10.2 Å². The number of amides is 2. The lowest BCUT2D eigenvalue weighted by Crippen LogP contribution is -2.19. The molecule has 0 bridgehead atoms. The monoisotopic (exact) mass is 349 g/mol. The van der Waals surface area contributed by atoms with Gasteiger partial charge in [0.2, 0.25) is 0 Å². The van der Waals surface area contributed by atoms with Gasteiger partial charge in [-0.3, -0.25) is 5.32 Å². The maximum absolute atomic E-state index is 12.0. The molecule has 0 aliphatic carbocycles. The Morgan fingerprint density at radius 3 is 2.86 bits per heavy atom. The summed E-state index contributed by atoms with van der Waals surface area (Å²) in [4.78, 5) is 17.6. The lowest BCUT2D eigenvalue weighted by Gasteiger charge is -2.05. The molecule has 1 aromatic heterocycles. The molecule has 2 aromatic carbocycles. The van der Waals surface area contributed by atoms with Gasteiger partial charge in [-0.1, -0.05) is 29.0 Å². The van der Waals surface area contributed by atoms with Crippen molar-refractivity contribution in [1.29, 1.82) is 0 Å². The van der Waals surface area contributed by atoms with E-state index in [0.717, 1.165) is 10.2 Å². The van der Waals surface area contributed by atoms with E-state index in [1.165, 1.54) is 16.2 Å². The van der Waals surface area contributed by atoms with Gasteiger partial charge in [-0.2, -0.15) is 0 Å². The first-order chi connectivity index (χ1) is 10.6. The zero-order valence-electron chi connectivity index (χ0n) is 11.6. The number of urea groups is 1. The van der Waals surface area contributed by atoms with E-state index in [1.807, 2.05) is 18.4 Å². The predicted molar refractivity (Wildman–Crippen MR) is 95.5 cm³/mol. The molecule has 112 valence electrons. The third-order valence-corrected chi connectivity index (χ3v) is 4.79. The first-order valence-electron chi connectivity index (χ1n) is 6.42. The molecule has 3 rings (SSSR count). The number of carbonyl (C=O) groups is 1. The molecular formula is C15H12ClN3OS2. The van der Waals surface area contributed by atoms with Crippen molar-refractivity contribution in [3.63, 3.8) is 0 Å². The van der Waals surface area contributed by atoms with Crippen molar-refractivity contribution in [3.05, 3.63) is 47.5 Å². The van der Waals surface area contributed by atoms with Crippen LogP contribution in [0.5, 0.6) is 0 Å². The molecule has 0 aliphatic heterocycles. The minimum absolute atomic E-state index is 0.341. The minimum Gasteiger partial charge on any atom is -0.308 e. The second-order valence-electron chi connectivity index (χ2n) is 4.44. The van der Waals surface area contributed by atoms with Gasteiger partial charge in [-0.15, -0.1) is 11.8 Å². The molecule has 2 amide bonds. The number of anilines is 2. The minimum atomic E-state index is -0.341. The van der Waals surface area contributed by atoms with Crippen molar-refractivity contribution >= 4 is 61.8 Å². The fourth-order valence-electron chi connectivity index (χ4n) is 1.91. The number of halogens is 1. The van der Waals surface area contributed by atoms with Crippen LogP contribution in [0.15, 0.2) is 47.4 Å². The topological polar surface area (TPSA) is 54.0 Å². The Bertz CT molecular complexity index is 835. The number of rotatable bonds is 3. The summed E-state index contributed by atoms with van der Waals surface area (Å²) in [7, 11) is 0. The van der Waals surface area contributed by atoms with Crippen molar-refractivity contribution in [2.75, 3.05) is 16.9 Å². The Hall–Kier alpha value is -1.76. The summed E-state index contributed by atoms with van der Waals surface area (Å²) in [5, 5.41) is 6.60. The third-order valence-electron chi connectivity index (χ3n) is 2.90. The molecule has 0 radical (unpaired) electrons. The lowest BCUT2D eigenvalue weighted by molar-refractivity contribution is 0.262. The number of aromatic nitrogens is 1. The summed E-state index contributed by atoms with van der Waals surface area (Å²) in [5.74, 6) is 0. The average Bonchev–Trinajstić information content (AvgIpc) is 2.87. The maximum atomic E-state index is 12.0.